The van der Waals surface area contributed by atoms with Crippen molar-refractivity contribution in [3.63, 3.8) is 0 Å². The lowest BCUT2D eigenvalue weighted by Gasteiger charge is -2.21. The average Bonchev–Trinajstić information content (AvgIpc) is 2.72. The first-order valence-electron chi connectivity index (χ1n) is 6.76. The molecule has 1 nitrogen and oxygen atoms in total. The van der Waals surface area contributed by atoms with Gasteiger partial charge in [-0.15, -0.1) is 0 Å². The molecule has 0 aromatic heterocycles. The van der Waals surface area contributed by atoms with Gasteiger partial charge in [-0.25, -0.2) is 0 Å². The summed E-state index contributed by atoms with van der Waals surface area (Å²) in [6.45, 7) is 5.78. The van der Waals surface area contributed by atoms with E-state index in [1.807, 2.05) is 0 Å². The van der Waals surface area contributed by atoms with Crippen molar-refractivity contribution < 1.29 is 0 Å². The molecule has 1 aromatic rings. The van der Waals surface area contributed by atoms with Crippen LogP contribution in [0.15, 0.2) is 27.1 Å². The molecule has 0 radical (unpaired) electrons. The highest BCUT2D eigenvalue weighted by atomic mass is 79.9. The van der Waals surface area contributed by atoms with Crippen LogP contribution in [0.25, 0.3) is 0 Å². The van der Waals surface area contributed by atoms with Gasteiger partial charge in [0.1, 0.15) is 0 Å². The standard InChI is InChI=1S/C15H21Br2N/c1-10-4-3-5-12(10)9-18-11(2)14-7-6-13(16)8-15(14)17/h6-8,10-12,18H,3-5,9H2,1-2H3. The largest absolute Gasteiger partial charge is 0.310 e. The maximum absolute atomic E-state index is 3.69. The van der Waals surface area contributed by atoms with Gasteiger partial charge in [-0.05, 0) is 49.4 Å². The molecule has 1 aliphatic carbocycles. The minimum atomic E-state index is 0.403. The SMILES string of the molecule is CC(NCC1CCCC1C)c1ccc(Br)cc1Br. The molecule has 3 atom stereocenters. The molecule has 0 aliphatic heterocycles. The van der Waals surface area contributed by atoms with E-state index < -0.39 is 0 Å². The molecule has 1 aromatic carbocycles. The van der Waals surface area contributed by atoms with E-state index >= 15 is 0 Å². The molecule has 100 valence electrons. The van der Waals surface area contributed by atoms with Crippen LogP contribution >= 0.6 is 31.9 Å². The van der Waals surface area contributed by atoms with Gasteiger partial charge in [0.25, 0.3) is 0 Å². The van der Waals surface area contributed by atoms with Crippen molar-refractivity contribution >= 4 is 31.9 Å². The topological polar surface area (TPSA) is 12.0 Å². The maximum atomic E-state index is 3.69. The maximum Gasteiger partial charge on any atom is 0.0303 e. The van der Waals surface area contributed by atoms with Gasteiger partial charge >= 0.3 is 0 Å². The van der Waals surface area contributed by atoms with Gasteiger partial charge in [-0.2, -0.15) is 0 Å². The van der Waals surface area contributed by atoms with Crippen molar-refractivity contribution in [2.24, 2.45) is 11.8 Å². The van der Waals surface area contributed by atoms with Crippen molar-refractivity contribution in [1.29, 1.82) is 0 Å². The van der Waals surface area contributed by atoms with Crippen LogP contribution in [0.1, 0.15) is 44.7 Å². The van der Waals surface area contributed by atoms with Crippen LogP contribution in [0.4, 0.5) is 0 Å². The van der Waals surface area contributed by atoms with Crippen LogP contribution in [0.2, 0.25) is 0 Å². The van der Waals surface area contributed by atoms with Crippen LogP contribution < -0.4 is 5.32 Å². The Bertz CT molecular complexity index is 405. The molecule has 0 bridgehead atoms. The van der Waals surface area contributed by atoms with Crippen LogP contribution in [-0.4, -0.2) is 6.54 Å². The molecule has 1 saturated carbocycles. The Morgan fingerprint density at radius 1 is 1.33 bits per heavy atom. The fourth-order valence-electron chi connectivity index (χ4n) is 2.82. The van der Waals surface area contributed by atoms with E-state index in [0.717, 1.165) is 22.9 Å². The zero-order valence-electron chi connectivity index (χ0n) is 11.0. The van der Waals surface area contributed by atoms with Gasteiger partial charge in [0.05, 0.1) is 0 Å². The Hall–Kier alpha value is 0.140. The fourth-order valence-corrected chi connectivity index (χ4v) is 4.21. The molecule has 1 aliphatic rings. The van der Waals surface area contributed by atoms with Crippen LogP contribution in [0, 0.1) is 11.8 Å². The lowest BCUT2D eigenvalue weighted by atomic mass is 9.97. The summed E-state index contributed by atoms with van der Waals surface area (Å²) in [5.41, 5.74) is 1.34. The van der Waals surface area contributed by atoms with E-state index in [0.29, 0.717) is 6.04 Å². The Morgan fingerprint density at radius 2 is 2.11 bits per heavy atom. The second-order valence-corrected chi connectivity index (χ2v) is 7.23. The van der Waals surface area contributed by atoms with E-state index in [1.54, 1.807) is 0 Å². The first-order chi connectivity index (χ1) is 8.58. The van der Waals surface area contributed by atoms with E-state index in [4.69, 9.17) is 0 Å². The number of benzene rings is 1. The number of halogens is 2. The summed E-state index contributed by atoms with van der Waals surface area (Å²) in [4.78, 5) is 0. The summed E-state index contributed by atoms with van der Waals surface area (Å²) in [7, 11) is 0. The average molecular weight is 375 g/mol. The monoisotopic (exact) mass is 373 g/mol. The highest BCUT2D eigenvalue weighted by Crippen LogP contribution is 2.32. The van der Waals surface area contributed by atoms with Crippen molar-refractivity contribution in [2.75, 3.05) is 6.54 Å². The number of hydrogen-bond donors (Lipinski definition) is 1. The lowest BCUT2D eigenvalue weighted by molar-refractivity contribution is 0.374. The van der Waals surface area contributed by atoms with Crippen LogP contribution in [0.3, 0.4) is 0 Å². The van der Waals surface area contributed by atoms with Crippen LogP contribution in [-0.2, 0) is 0 Å². The second-order valence-electron chi connectivity index (χ2n) is 5.46. The van der Waals surface area contributed by atoms with Gasteiger partial charge in [-0.3, -0.25) is 0 Å². The molecule has 18 heavy (non-hydrogen) atoms. The van der Waals surface area contributed by atoms with E-state index in [9.17, 15) is 0 Å². The molecule has 3 heteroatoms. The molecular formula is C15H21Br2N. The Balaban J connectivity index is 1.93. The van der Waals surface area contributed by atoms with Crippen molar-refractivity contribution in [2.45, 2.75) is 39.2 Å². The highest BCUT2D eigenvalue weighted by molar-refractivity contribution is 9.11. The Morgan fingerprint density at radius 3 is 2.72 bits per heavy atom. The lowest BCUT2D eigenvalue weighted by Crippen LogP contribution is -2.27. The molecular weight excluding hydrogens is 354 g/mol. The second kappa shape index (κ2) is 6.53. The van der Waals surface area contributed by atoms with Gasteiger partial charge < -0.3 is 5.32 Å². The molecule has 2 rings (SSSR count). The third-order valence-corrected chi connectivity index (χ3v) is 5.33. The van der Waals surface area contributed by atoms with E-state index in [-0.39, 0.29) is 0 Å². The predicted molar refractivity (Wildman–Crippen MR) is 84.8 cm³/mol. The molecule has 1 fully saturated rings. The van der Waals surface area contributed by atoms with Crippen molar-refractivity contribution in [3.8, 4) is 0 Å². The summed E-state index contributed by atoms with van der Waals surface area (Å²) in [5.74, 6) is 1.75. The van der Waals surface area contributed by atoms with Crippen molar-refractivity contribution in [1.82, 2.24) is 5.32 Å². The number of hydrogen-bond acceptors (Lipinski definition) is 1. The summed E-state index contributed by atoms with van der Waals surface area (Å²) >= 11 is 7.14. The van der Waals surface area contributed by atoms with E-state index in [2.05, 4.69) is 69.2 Å². The van der Waals surface area contributed by atoms with Crippen molar-refractivity contribution in [3.05, 3.63) is 32.7 Å². The summed E-state index contributed by atoms with van der Waals surface area (Å²) in [5, 5.41) is 3.69. The third kappa shape index (κ3) is 3.58. The minimum Gasteiger partial charge on any atom is -0.310 e. The van der Waals surface area contributed by atoms with E-state index in [1.165, 1.54) is 29.3 Å². The molecule has 0 heterocycles. The first kappa shape index (κ1) is 14.5. The van der Waals surface area contributed by atoms with Crippen LogP contribution in [0.5, 0.6) is 0 Å². The van der Waals surface area contributed by atoms with Gasteiger partial charge in [-0.1, -0.05) is 57.7 Å². The quantitative estimate of drug-likeness (QED) is 0.753. The summed E-state index contributed by atoms with van der Waals surface area (Å²) < 4.78 is 2.30. The summed E-state index contributed by atoms with van der Waals surface area (Å²) in [6, 6.07) is 6.81. The zero-order valence-corrected chi connectivity index (χ0v) is 14.2. The zero-order chi connectivity index (χ0) is 13.1. The molecule has 0 spiro atoms. The third-order valence-electron chi connectivity index (χ3n) is 4.15. The normalized spacial score (nSPS) is 25.3. The smallest absolute Gasteiger partial charge is 0.0303 e. The number of nitrogens with one attached hydrogen (secondary N) is 1. The molecule has 1 N–H and O–H groups in total. The molecule has 0 amide bonds. The predicted octanol–water partition coefficient (Wildman–Crippen LogP) is 5.30. The Labute approximate surface area is 127 Å². The Kier molecular flexibility index (Phi) is 5.28. The number of rotatable bonds is 4. The van der Waals surface area contributed by atoms with Gasteiger partial charge in [0.2, 0.25) is 0 Å². The fraction of sp³-hybridized carbons (Fsp3) is 0.600. The van der Waals surface area contributed by atoms with Gasteiger partial charge in [0, 0.05) is 15.0 Å². The van der Waals surface area contributed by atoms with Gasteiger partial charge in [0.15, 0.2) is 0 Å². The minimum absolute atomic E-state index is 0.403. The summed E-state index contributed by atoms with van der Waals surface area (Å²) in [6.07, 6.45) is 4.20. The molecule has 0 saturated heterocycles. The highest BCUT2D eigenvalue weighted by Gasteiger charge is 2.23. The molecule has 3 unspecified atom stereocenters. The first-order valence-corrected chi connectivity index (χ1v) is 8.35.